The second kappa shape index (κ2) is 9.34. The summed E-state index contributed by atoms with van der Waals surface area (Å²) in [6.07, 6.45) is 4.37. The van der Waals surface area contributed by atoms with E-state index < -0.39 is 11.1 Å². The van der Waals surface area contributed by atoms with Crippen molar-refractivity contribution in [2.45, 2.75) is 45.7 Å². The van der Waals surface area contributed by atoms with Gasteiger partial charge in [0.2, 0.25) is 5.88 Å². The summed E-state index contributed by atoms with van der Waals surface area (Å²) in [5, 5.41) is 0. The van der Waals surface area contributed by atoms with Crippen molar-refractivity contribution in [2.75, 3.05) is 25.4 Å². The Kier molecular flexibility index (Phi) is 6.36. The number of hydrogen-bond acceptors (Lipinski definition) is 6. The van der Waals surface area contributed by atoms with E-state index in [2.05, 4.69) is 33.9 Å². The largest absolute Gasteiger partial charge is 0.478 e. The highest BCUT2D eigenvalue weighted by molar-refractivity contribution is 5.85. The lowest BCUT2D eigenvalue weighted by atomic mass is 10.1. The number of anilines is 1. The minimum atomic E-state index is -0.714. The molecule has 31 heavy (non-hydrogen) atoms. The van der Waals surface area contributed by atoms with Gasteiger partial charge >= 0.3 is 11.1 Å². The number of nitrogen functional groups attached to an aromatic ring is 1. The van der Waals surface area contributed by atoms with Crippen molar-refractivity contribution >= 4 is 16.9 Å². The number of H-pyrrole nitrogens is 1. The van der Waals surface area contributed by atoms with E-state index >= 15 is 0 Å². The number of aromatic nitrogens is 3. The summed E-state index contributed by atoms with van der Waals surface area (Å²) in [6, 6.07) is 9.84. The van der Waals surface area contributed by atoms with Crippen LogP contribution >= 0.6 is 0 Å². The van der Waals surface area contributed by atoms with Crippen LogP contribution in [0.4, 0.5) is 5.82 Å². The fourth-order valence-electron chi connectivity index (χ4n) is 4.03. The van der Waals surface area contributed by atoms with Gasteiger partial charge < -0.3 is 15.5 Å². The van der Waals surface area contributed by atoms with Gasteiger partial charge in [-0.05, 0) is 43.5 Å². The molecule has 1 saturated heterocycles. The normalized spacial score (nSPS) is 14.4. The van der Waals surface area contributed by atoms with Crippen LogP contribution in [0.15, 0.2) is 39.9 Å². The number of unbranched alkanes of at least 4 members (excludes halogenated alkanes) is 1. The molecule has 164 valence electrons. The first-order valence-corrected chi connectivity index (χ1v) is 10.9. The zero-order valence-corrected chi connectivity index (χ0v) is 17.9. The minimum absolute atomic E-state index is 0.137. The molecule has 0 bridgehead atoms. The van der Waals surface area contributed by atoms with E-state index in [9.17, 15) is 9.59 Å². The molecule has 8 nitrogen and oxygen atoms in total. The highest BCUT2D eigenvalue weighted by atomic mass is 16.5. The van der Waals surface area contributed by atoms with Gasteiger partial charge in [-0.1, -0.05) is 37.6 Å². The molecule has 0 radical (unpaired) electrons. The van der Waals surface area contributed by atoms with Crippen molar-refractivity contribution in [3.8, 4) is 5.88 Å². The molecule has 1 fully saturated rings. The van der Waals surface area contributed by atoms with Crippen molar-refractivity contribution in [2.24, 2.45) is 0 Å². The summed E-state index contributed by atoms with van der Waals surface area (Å²) < 4.78 is 7.15. The second-order valence-electron chi connectivity index (χ2n) is 8.09. The fourth-order valence-corrected chi connectivity index (χ4v) is 4.03. The maximum absolute atomic E-state index is 12.7. The molecule has 8 heteroatoms. The third-order valence-corrected chi connectivity index (χ3v) is 5.66. The first-order valence-electron chi connectivity index (χ1n) is 10.9. The summed E-state index contributed by atoms with van der Waals surface area (Å²) in [5.41, 5.74) is 7.75. The van der Waals surface area contributed by atoms with E-state index in [4.69, 9.17) is 10.5 Å². The van der Waals surface area contributed by atoms with Gasteiger partial charge in [0.1, 0.15) is 5.52 Å². The predicted octanol–water partition coefficient (Wildman–Crippen LogP) is 2.49. The first kappa shape index (κ1) is 21.1. The first-order chi connectivity index (χ1) is 15.0. The minimum Gasteiger partial charge on any atom is -0.478 e. The van der Waals surface area contributed by atoms with Gasteiger partial charge in [0.05, 0.1) is 18.7 Å². The molecule has 1 aromatic carbocycles. The molecule has 3 aromatic rings. The maximum atomic E-state index is 12.7. The molecule has 2 aromatic heterocycles. The number of rotatable bonds is 8. The van der Waals surface area contributed by atoms with Crippen molar-refractivity contribution < 1.29 is 4.74 Å². The highest BCUT2D eigenvalue weighted by Gasteiger charge is 2.15. The number of hydrogen-bond donors (Lipinski definition) is 2. The quantitative estimate of drug-likeness (QED) is 0.426. The third kappa shape index (κ3) is 4.80. The summed E-state index contributed by atoms with van der Waals surface area (Å²) in [4.78, 5) is 34.2. The van der Waals surface area contributed by atoms with Crippen LogP contribution < -0.4 is 21.6 Å². The van der Waals surface area contributed by atoms with Gasteiger partial charge in [0.25, 0.3) is 0 Å². The van der Waals surface area contributed by atoms with Gasteiger partial charge in [0, 0.05) is 12.6 Å². The number of likely N-dealkylation sites (tertiary alicyclic amines) is 1. The van der Waals surface area contributed by atoms with Crippen LogP contribution in [0.5, 0.6) is 5.88 Å². The lowest BCUT2D eigenvalue weighted by molar-refractivity contribution is 0.298. The average molecular weight is 424 g/mol. The molecule has 4 rings (SSSR count). The van der Waals surface area contributed by atoms with E-state index in [1.165, 1.54) is 23.0 Å². The van der Waals surface area contributed by atoms with E-state index in [1.807, 2.05) is 12.1 Å². The second-order valence-corrected chi connectivity index (χ2v) is 8.09. The van der Waals surface area contributed by atoms with E-state index in [0.29, 0.717) is 23.5 Å². The van der Waals surface area contributed by atoms with Gasteiger partial charge in [-0.25, -0.2) is 0 Å². The maximum Gasteiger partial charge on any atom is 0.317 e. The molecule has 0 unspecified atom stereocenters. The zero-order valence-electron chi connectivity index (χ0n) is 17.9. The topological polar surface area (TPSA) is 106 Å². The lowest BCUT2D eigenvalue weighted by Gasteiger charge is -2.16. The lowest BCUT2D eigenvalue weighted by Crippen LogP contribution is -2.37. The SMILES string of the molecule is CCCCOc1cc2c([nH]c(=O)c(=O)n2Cc2cccc(CN3CCCC3)c2)c(N)n1. The molecule has 1 aliphatic rings. The van der Waals surface area contributed by atoms with Crippen LogP contribution in [0.3, 0.4) is 0 Å². The molecule has 0 saturated carbocycles. The fraction of sp³-hybridized carbons (Fsp3) is 0.435. The Morgan fingerprint density at radius 1 is 1.13 bits per heavy atom. The molecule has 3 heterocycles. The van der Waals surface area contributed by atoms with E-state index in [1.54, 1.807) is 6.07 Å². The number of fused-ring (bicyclic) bond motifs is 1. The monoisotopic (exact) mass is 423 g/mol. The molecule has 0 amide bonds. The van der Waals surface area contributed by atoms with Crippen molar-refractivity contribution in [1.82, 2.24) is 19.4 Å². The molecular weight excluding hydrogens is 394 g/mol. The Bertz CT molecular complexity index is 1180. The van der Waals surface area contributed by atoms with Crippen molar-refractivity contribution in [3.63, 3.8) is 0 Å². The number of pyridine rings is 1. The van der Waals surface area contributed by atoms with Crippen LogP contribution in [0.25, 0.3) is 11.0 Å². The van der Waals surface area contributed by atoms with Gasteiger partial charge in [-0.3, -0.25) is 19.1 Å². The van der Waals surface area contributed by atoms with Crippen LogP contribution in [-0.2, 0) is 13.1 Å². The summed E-state index contributed by atoms with van der Waals surface area (Å²) in [7, 11) is 0. The van der Waals surface area contributed by atoms with Crippen LogP contribution in [0.2, 0.25) is 0 Å². The number of aromatic amines is 1. The Morgan fingerprint density at radius 2 is 1.87 bits per heavy atom. The summed E-state index contributed by atoms with van der Waals surface area (Å²) in [6.45, 7) is 5.99. The number of ether oxygens (including phenoxy) is 1. The van der Waals surface area contributed by atoms with Gasteiger partial charge in [0.15, 0.2) is 5.82 Å². The summed E-state index contributed by atoms with van der Waals surface area (Å²) >= 11 is 0. The molecule has 3 N–H and O–H groups in total. The summed E-state index contributed by atoms with van der Waals surface area (Å²) in [5.74, 6) is 0.485. The zero-order chi connectivity index (χ0) is 21.8. The molecule has 0 aliphatic carbocycles. The number of nitrogens with zero attached hydrogens (tertiary/aromatic N) is 3. The van der Waals surface area contributed by atoms with Crippen LogP contribution in [-0.4, -0.2) is 39.1 Å². The van der Waals surface area contributed by atoms with Gasteiger partial charge in [-0.15, -0.1) is 0 Å². The number of benzene rings is 1. The highest BCUT2D eigenvalue weighted by Crippen LogP contribution is 2.22. The third-order valence-electron chi connectivity index (χ3n) is 5.66. The number of nitrogens with one attached hydrogen (secondary N) is 1. The van der Waals surface area contributed by atoms with E-state index in [0.717, 1.165) is 38.0 Å². The Morgan fingerprint density at radius 3 is 2.61 bits per heavy atom. The Hall–Kier alpha value is -3.13. The van der Waals surface area contributed by atoms with Crippen molar-refractivity contribution in [1.29, 1.82) is 0 Å². The predicted molar refractivity (Wildman–Crippen MR) is 121 cm³/mol. The molecule has 0 spiro atoms. The van der Waals surface area contributed by atoms with Crippen LogP contribution in [0.1, 0.15) is 43.7 Å². The van der Waals surface area contributed by atoms with Gasteiger partial charge in [-0.2, -0.15) is 4.98 Å². The molecular formula is C23H29N5O3. The Balaban J connectivity index is 1.69. The van der Waals surface area contributed by atoms with Crippen LogP contribution in [0, 0.1) is 0 Å². The standard InChI is InChI=1S/C23H29N5O3/c1-2-3-11-31-19-13-18-20(21(24)25-19)26-22(29)23(30)28(18)15-17-8-6-7-16(12-17)14-27-9-4-5-10-27/h6-8,12-13H,2-5,9-11,14-15H2,1H3,(H2,24,25)(H,26,29). The van der Waals surface area contributed by atoms with E-state index in [-0.39, 0.29) is 12.4 Å². The van der Waals surface area contributed by atoms with Crippen molar-refractivity contribution in [3.05, 3.63) is 62.2 Å². The number of nitrogens with two attached hydrogens (primary N) is 1. The molecule has 1 aliphatic heterocycles. The smallest absolute Gasteiger partial charge is 0.317 e. The Labute approximate surface area is 180 Å². The molecule has 0 atom stereocenters. The average Bonchev–Trinajstić information content (AvgIpc) is 3.26.